The predicted octanol–water partition coefficient (Wildman–Crippen LogP) is 3.37. The molecule has 0 saturated carbocycles. The van der Waals surface area contributed by atoms with Crippen LogP contribution in [0.25, 0.3) is 10.9 Å². The predicted molar refractivity (Wildman–Crippen MR) is 104 cm³/mol. The third kappa shape index (κ3) is 4.25. The Morgan fingerprint density at radius 1 is 1.19 bits per heavy atom. The van der Waals surface area contributed by atoms with Gasteiger partial charge < -0.3 is 14.5 Å². The summed E-state index contributed by atoms with van der Waals surface area (Å²) >= 11 is 6.15. The lowest BCUT2D eigenvalue weighted by atomic mass is 10.1. The second-order valence-corrected chi connectivity index (χ2v) is 6.26. The largest absolute Gasteiger partial charge is 0.462 e. The van der Waals surface area contributed by atoms with Crippen LogP contribution in [0.15, 0.2) is 24.4 Å². The Morgan fingerprint density at radius 3 is 2.50 bits per heavy atom. The van der Waals surface area contributed by atoms with Gasteiger partial charge in [0, 0.05) is 36.7 Å². The fraction of sp³-hybridized carbons (Fsp3) is 0.421. The van der Waals surface area contributed by atoms with Crippen molar-refractivity contribution < 1.29 is 14.3 Å². The lowest BCUT2D eigenvalue weighted by Gasteiger charge is -2.26. The Morgan fingerprint density at radius 2 is 1.88 bits per heavy atom. The number of anilines is 1. The molecule has 140 valence electrons. The standard InChI is InChI=1S/C19H24ClN3O3/c1-5-23(6-2)17(24)12-22(4)18-14-10-13(20)8-9-16(14)21-11-15(18)19(25)26-7-3/h8-11H,5-7,12H2,1-4H3. The molecule has 0 spiro atoms. The van der Waals surface area contributed by atoms with Crippen LogP contribution in [-0.4, -0.2) is 55.0 Å². The number of fused-ring (bicyclic) bond motifs is 1. The molecule has 1 amide bonds. The van der Waals surface area contributed by atoms with Crippen molar-refractivity contribution in [1.82, 2.24) is 9.88 Å². The molecule has 0 aliphatic carbocycles. The van der Waals surface area contributed by atoms with Gasteiger partial charge in [0.2, 0.25) is 5.91 Å². The fourth-order valence-electron chi connectivity index (χ4n) is 2.88. The molecule has 2 aromatic rings. The molecule has 6 nitrogen and oxygen atoms in total. The van der Waals surface area contributed by atoms with Gasteiger partial charge in [-0.2, -0.15) is 0 Å². The maximum absolute atomic E-state index is 12.5. The number of rotatable bonds is 7. The smallest absolute Gasteiger partial charge is 0.341 e. The highest BCUT2D eigenvalue weighted by molar-refractivity contribution is 6.31. The minimum Gasteiger partial charge on any atom is -0.462 e. The summed E-state index contributed by atoms with van der Waals surface area (Å²) in [7, 11) is 1.78. The van der Waals surface area contributed by atoms with E-state index in [4.69, 9.17) is 16.3 Å². The number of halogens is 1. The van der Waals surface area contributed by atoms with Crippen molar-refractivity contribution in [2.24, 2.45) is 0 Å². The van der Waals surface area contributed by atoms with Gasteiger partial charge in [-0.3, -0.25) is 9.78 Å². The zero-order valence-electron chi connectivity index (χ0n) is 15.6. The minimum atomic E-state index is -0.473. The highest BCUT2D eigenvalue weighted by Gasteiger charge is 2.22. The molecule has 0 N–H and O–H groups in total. The molecule has 0 aliphatic heterocycles. The quantitative estimate of drug-likeness (QED) is 0.692. The van der Waals surface area contributed by atoms with Crippen molar-refractivity contribution in [3.05, 3.63) is 35.0 Å². The van der Waals surface area contributed by atoms with E-state index >= 15 is 0 Å². The number of hydrogen-bond acceptors (Lipinski definition) is 5. The van der Waals surface area contributed by atoms with Gasteiger partial charge in [-0.1, -0.05) is 11.6 Å². The van der Waals surface area contributed by atoms with E-state index in [-0.39, 0.29) is 19.1 Å². The highest BCUT2D eigenvalue weighted by Crippen LogP contribution is 2.31. The van der Waals surface area contributed by atoms with Crippen molar-refractivity contribution >= 4 is 40.1 Å². The SMILES string of the molecule is CCOC(=O)c1cnc2ccc(Cl)cc2c1N(C)CC(=O)N(CC)CC. The Kier molecular flexibility index (Phi) is 6.80. The first-order valence-electron chi connectivity index (χ1n) is 8.67. The number of aromatic nitrogens is 1. The van der Waals surface area contributed by atoms with E-state index in [0.29, 0.717) is 40.3 Å². The lowest BCUT2D eigenvalue weighted by molar-refractivity contribution is -0.129. The van der Waals surface area contributed by atoms with Crippen molar-refractivity contribution in [1.29, 1.82) is 0 Å². The number of nitrogens with zero attached hydrogens (tertiary/aromatic N) is 3. The number of benzene rings is 1. The van der Waals surface area contributed by atoms with E-state index in [1.807, 2.05) is 13.8 Å². The molecule has 0 radical (unpaired) electrons. The average molecular weight is 378 g/mol. The third-order valence-corrected chi connectivity index (χ3v) is 4.40. The van der Waals surface area contributed by atoms with Crippen LogP contribution >= 0.6 is 11.6 Å². The third-order valence-electron chi connectivity index (χ3n) is 4.17. The molecule has 1 aromatic heterocycles. The minimum absolute atomic E-state index is 0.0145. The van der Waals surface area contributed by atoms with Crippen LogP contribution in [0.1, 0.15) is 31.1 Å². The number of carbonyl (C=O) groups is 2. The van der Waals surface area contributed by atoms with Crippen molar-refractivity contribution in [3.63, 3.8) is 0 Å². The molecule has 0 unspecified atom stereocenters. The molecule has 0 saturated heterocycles. The average Bonchev–Trinajstić information content (AvgIpc) is 2.61. The van der Waals surface area contributed by atoms with E-state index in [9.17, 15) is 9.59 Å². The molecule has 0 bridgehead atoms. The first-order chi connectivity index (χ1) is 12.4. The van der Waals surface area contributed by atoms with Gasteiger partial charge in [0.15, 0.2) is 0 Å². The molecule has 2 rings (SSSR count). The summed E-state index contributed by atoms with van der Waals surface area (Å²) in [6.07, 6.45) is 1.49. The molecule has 1 heterocycles. The monoisotopic (exact) mass is 377 g/mol. The van der Waals surface area contributed by atoms with Crippen LogP contribution in [0.5, 0.6) is 0 Å². The number of esters is 1. The Labute approximate surface area is 158 Å². The number of carbonyl (C=O) groups excluding carboxylic acids is 2. The van der Waals surface area contributed by atoms with Gasteiger partial charge >= 0.3 is 5.97 Å². The van der Waals surface area contributed by atoms with E-state index in [1.165, 1.54) is 6.20 Å². The van der Waals surface area contributed by atoms with Gasteiger partial charge in [0.1, 0.15) is 5.56 Å². The molecule has 1 aromatic carbocycles. The van der Waals surface area contributed by atoms with Crippen molar-refractivity contribution in [3.8, 4) is 0 Å². The number of amides is 1. The zero-order valence-corrected chi connectivity index (χ0v) is 16.3. The van der Waals surface area contributed by atoms with Gasteiger partial charge in [0.25, 0.3) is 0 Å². The van der Waals surface area contributed by atoms with Crippen LogP contribution in [-0.2, 0) is 9.53 Å². The van der Waals surface area contributed by atoms with Crippen molar-refractivity contribution in [2.45, 2.75) is 20.8 Å². The van der Waals surface area contributed by atoms with Gasteiger partial charge in [-0.25, -0.2) is 4.79 Å². The summed E-state index contributed by atoms with van der Waals surface area (Å²) in [5.74, 6) is -0.488. The molecule has 0 fully saturated rings. The first-order valence-corrected chi connectivity index (χ1v) is 9.04. The Balaban J connectivity index is 2.53. The van der Waals surface area contributed by atoms with E-state index in [1.54, 1.807) is 42.0 Å². The second-order valence-electron chi connectivity index (χ2n) is 5.82. The van der Waals surface area contributed by atoms with Crippen LogP contribution in [0.4, 0.5) is 5.69 Å². The molecule has 7 heteroatoms. The second kappa shape index (κ2) is 8.85. The van der Waals surface area contributed by atoms with E-state index in [0.717, 1.165) is 0 Å². The maximum Gasteiger partial charge on any atom is 0.341 e. The summed E-state index contributed by atoms with van der Waals surface area (Å²) in [6, 6.07) is 5.28. The summed E-state index contributed by atoms with van der Waals surface area (Å²) < 4.78 is 5.16. The fourth-order valence-corrected chi connectivity index (χ4v) is 3.05. The zero-order chi connectivity index (χ0) is 19.3. The van der Waals surface area contributed by atoms with Gasteiger partial charge in [0.05, 0.1) is 24.4 Å². The maximum atomic E-state index is 12.5. The highest BCUT2D eigenvalue weighted by atomic mass is 35.5. The summed E-state index contributed by atoms with van der Waals surface area (Å²) in [5.41, 5.74) is 1.60. The van der Waals surface area contributed by atoms with Crippen LogP contribution in [0, 0.1) is 0 Å². The van der Waals surface area contributed by atoms with Crippen LogP contribution < -0.4 is 4.90 Å². The van der Waals surface area contributed by atoms with E-state index < -0.39 is 5.97 Å². The summed E-state index contributed by atoms with van der Waals surface area (Å²) in [5, 5.41) is 1.24. The summed E-state index contributed by atoms with van der Waals surface area (Å²) in [4.78, 5) is 32.8. The topological polar surface area (TPSA) is 62.7 Å². The molecular formula is C19H24ClN3O3. The molecule has 0 atom stereocenters. The van der Waals surface area contributed by atoms with Crippen LogP contribution in [0.2, 0.25) is 5.02 Å². The Hall–Kier alpha value is -2.34. The van der Waals surface area contributed by atoms with Crippen molar-refractivity contribution in [2.75, 3.05) is 38.2 Å². The van der Waals surface area contributed by atoms with Gasteiger partial charge in [-0.15, -0.1) is 0 Å². The van der Waals surface area contributed by atoms with Gasteiger partial charge in [-0.05, 0) is 39.0 Å². The normalized spacial score (nSPS) is 10.7. The number of pyridine rings is 1. The number of ether oxygens (including phenoxy) is 1. The van der Waals surface area contributed by atoms with E-state index in [2.05, 4.69) is 4.98 Å². The lowest BCUT2D eigenvalue weighted by Crippen LogP contribution is -2.39. The first kappa shape index (κ1) is 20.0. The molecular weight excluding hydrogens is 354 g/mol. The number of hydrogen-bond donors (Lipinski definition) is 0. The molecule has 26 heavy (non-hydrogen) atoms. The molecule has 0 aliphatic rings. The van der Waals surface area contributed by atoms with Crippen LogP contribution in [0.3, 0.4) is 0 Å². The Bertz CT molecular complexity index is 806. The summed E-state index contributed by atoms with van der Waals surface area (Å²) in [6.45, 7) is 7.29. The number of likely N-dealkylation sites (N-methyl/N-ethyl adjacent to an activating group) is 2.